The van der Waals surface area contributed by atoms with Crippen molar-refractivity contribution in [3.8, 4) is 5.75 Å². The lowest BCUT2D eigenvalue weighted by molar-refractivity contribution is -0.148. The highest BCUT2D eigenvalue weighted by molar-refractivity contribution is 6.30. The van der Waals surface area contributed by atoms with Gasteiger partial charge in [0.15, 0.2) is 11.6 Å². The molecule has 0 amide bonds. The van der Waals surface area contributed by atoms with E-state index in [4.69, 9.17) is 16.3 Å². The predicted molar refractivity (Wildman–Crippen MR) is 109 cm³/mol. The van der Waals surface area contributed by atoms with Crippen molar-refractivity contribution in [3.63, 3.8) is 0 Å². The largest absolute Gasteiger partial charge is 0.505 e. The van der Waals surface area contributed by atoms with Crippen LogP contribution in [-0.4, -0.2) is 27.7 Å². The third-order valence-corrected chi connectivity index (χ3v) is 5.01. The second-order valence-electron chi connectivity index (χ2n) is 7.17. The van der Waals surface area contributed by atoms with Crippen LogP contribution in [0.25, 0.3) is 10.9 Å². The molecule has 0 fully saturated rings. The van der Waals surface area contributed by atoms with Crippen molar-refractivity contribution < 1.29 is 23.8 Å². The van der Waals surface area contributed by atoms with E-state index in [2.05, 4.69) is 0 Å². The van der Waals surface area contributed by atoms with E-state index >= 15 is 0 Å². The fraction of sp³-hybridized carbons (Fsp3) is 0.273. The minimum atomic E-state index is -0.857. The Morgan fingerprint density at radius 3 is 2.34 bits per heavy atom. The predicted octanol–water partition coefficient (Wildman–Crippen LogP) is 5.19. The van der Waals surface area contributed by atoms with E-state index < -0.39 is 29.4 Å². The van der Waals surface area contributed by atoms with Crippen LogP contribution >= 0.6 is 11.6 Å². The van der Waals surface area contributed by atoms with Gasteiger partial charge in [-0.15, -0.1) is 0 Å². The zero-order chi connectivity index (χ0) is 21.5. The number of carbonyl (C=O) groups excluding carboxylic acids is 2. The molecule has 1 aromatic heterocycles. The van der Waals surface area contributed by atoms with Crippen molar-refractivity contribution >= 4 is 34.4 Å². The molecule has 7 heteroatoms. The van der Waals surface area contributed by atoms with Gasteiger partial charge in [-0.05, 0) is 63.6 Å². The first-order chi connectivity index (χ1) is 13.6. The number of ether oxygens (including phenoxy) is 1. The smallest absolute Gasteiger partial charge is 0.313 e. The molecule has 29 heavy (non-hydrogen) atoms. The van der Waals surface area contributed by atoms with Crippen molar-refractivity contribution in [2.24, 2.45) is 0 Å². The molecule has 152 valence electrons. The minimum Gasteiger partial charge on any atom is -0.505 e. The van der Waals surface area contributed by atoms with Gasteiger partial charge in [-0.3, -0.25) is 14.2 Å². The standard InChI is InChI=1S/C22H21ClFNO4/c1-11(2)29-22(28)12(3)20-13(4)25(18-10-17(24)19(26)9-16(18)20)21(27)14-5-7-15(23)8-6-14/h5-12,26H,1-4H3/t12-/m0/s1. The number of rotatable bonds is 4. The topological polar surface area (TPSA) is 68.5 Å². The first-order valence-corrected chi connectivity index (χ1v) is 9.53. The van der Waals surface area contributed by atoms with E-state index in [1.54, 1.807) is 52.0 Å². The summed E-state index contributed by atoms with van der Waals surface area (Å²) < 4.78 is 20.8. The second kappa shape index (κ2) is 7.87. The van der Waals surface area contributed by atoms with Gasteiger partial charge in [-0.1, -0.05) is 11.6 Å². The van der Waals surface area contributed by atoms with Crippen LogP contribution in [-0.2, 0) is 9.53 Å². The summed E-state index contributed by atoms with van der Waals surface area (Å²) in [6.45, 7) is 6.82. The molecule has 0 unspecified atom stereocenters. The molecular formula is C22H21ClFNO4. The number of aromatic nitrogens is 1. The van der Waals surface area contributed by atoms with Gasteiger partial charge in [0, 0.05) is 27.7 Å². The van der Waals surface area contributed by atoms with Crippen molar-refractivity contribution in [2.75, 3.05) is 0 Å². The van der Waals surface area contributed by atoms with E-state index in [0.717, 1.165) is 6.07 Å². The average molecular weight is 418 g/mol. The van der Waals surface area contributed by atoms with Gasteiger partial charge in [0.05, 0.1) is 17.5 Å². The number of nitrogens with zero attached hydrogens (tertiary/aromatic N) is 1. The summed E-state index contributed by atoms with van der Waals surface area (Å²) in [5.41, 5.74) is 1.59. The third kappa shape index (κ3) is 3.85. The number of carbonyl (C=O) groups is 2. The van der Waals surface area contributed by atoms with Gasteiger partial charge in [0.1, 0.15) is 0 Å². The van der Waals surface area contributed by atoms with E-state index in [1.807, 2.05) is 0 Å². The summed E-state index contributed by atoms with van der Waals surface area (Å²) in [6, 6.07) is 8.65. The highest BCUT2D eigenvalue weighted by Crippen LogP contribution is 2.36. The van der Waals surface area contributed by atoms with Crippen molar-refractivity contribution in [1.29, 1.82) is 0 Å². The van der Waals surface area contributed by atoms with E-state index in [-0.39, 0.29) is 11.6 Å². The van der Waals surface area contributed by atoms with Crippen LogP contribution in [0.4, 0.5) is 4.39 Å². The van der Waals surface area contributed by atoms with Crippen LogP contribution in [0.3, 0.4) is 0 Å². The maximum Gasteiger partial charge on any atom is 0.313 e. The molecule has 0 saturated heterocycles. The molecule has 0 bridgehead atoms. The summed E-state index contributed by atoms with van der Waals surface area (Å²) >= 11 is 5.90. The van der Waals surface area contributed by atoms with Gasteiger partial charge < -0.3 is 9.84 Å². The normalized spacial score (nSPS) is 12.4. The van der Waals surface area contributed by atoms with Gasteiger partial charge in [0.2, 0.25) is 0 Å². The highest BCUT2D eigenvalue weighted by atomic mass is 35.5. The number of phenolic OH excluding ortho intramolecular Hbond substituents is 1. The summed E-state index contributed by atoms with van der Waals surface area (Å²) in [5.74, 6) is -3.00. The van der Waals surface area contributed by atoms with Crippen LogP contribution in [0, 0.1) is 12.7 Å². The number of aromatic hydroxyl groups is 1. The summed E-state index contributed by atoms with van der Waals surface area (Å²) in [7, 11) is 0. The minimum absolute atomic E-state index is 0.261. The SMILES string of the molecule is Cc1c([C@H](C)C(=O)OC(C)C)c2cc(O)c(F)cc2n1C(=O)c1ccc(Cl)cc1. The number of benzene rings is 2. The van der Waals surface area contributed by atoms with Crippen LogP contribution in [0.2, 0.25) is 5.02 Å². The molecular weight excluding hydrogens is 397 g/mol. The van der Waals surface area contributed by atoms with Crippen LogP contribution in [0.1, 0.15) is 48.3 Å². The highest BCUT2D eigenvalue weighted by Gasteiger charge is 2.29. The molecule has 3 aromatic rings. The molecule has 5 nitrogen and oxygen atoms in total. The van der Waals surface area contributed by atoms with E-state index in [0.29, 0.717) is 27.2 Å². The Balaban J connectivity index is 2.24. The van der Waals surface area contributed by atoms with Crippen molar-refractivity contribution in [2.45, 2.75) is 39.7 Å². The van der Waals surface area contributed by atoms with Crippen molar-refractivity contribution in [1.82, 2.24) is 4.57 Å². The Bertz CT molecular complexity index is 1100. The molecule has 0 aliphatic heterocycles. The van der Waals surface area contributed by atoms with Gasteiger partial charge in [-0.25, -0.2) is 4.39 Å². The second-order valence-corrected chi connectivity index (χ2v) is 7.61. The Morgan fingerprint density at radius 2 is 1.76 bits per heavy atom. The summed E-state index contributed by atoms with van der Waals surface area (Å²) in [4.78, 5) is 25.7. The molecule has 3 rings (SSSR count). The molecule has 0 spiro atoms. The molecule has 2 aromatic carbocycles. The summed E-state index contributed by atoms with van der Waals surface area (Å²) in [6.07, 6.45) is -0.305. The average Bonchev–Trinajstić information content (AvgIpc) is 2.92. The molecule has 1 heterocycles. The number of phenols is 1. The van der Waals surface area contributed by atoms with Crippen LogP contribution < -0.4 is 0 Å². The Morgan fingerprint density at radius 1 is 1.14 bits per heavy atom. The number of hydrogen-bond acceptors (Lipinski definition) is 4. The number of hydrogen-bond donors (Lipinski definition) is 1. The van der Waals surface area contributed by atoms with E-state index in [9.17, 15) is 19.1 Å². The van der Waals surface area contributed by atoms with Crippen LogP contribution in [0.5, 0.6) is 5.75 Å². The van der Waals surface area contributed by atoms with Crippen molar-refractivity contribution in [3.05, 3.63) is 64.1 Å². The zero-order valence-corrected chi connectivity index (χ0v) is 17.2. The first-order valence-electron chi connectivity index (χ1n) is 9.16. The summed E-state index contributed by atoms with van der Waals surface area (Å²) in [5, 5.41) is 10.8. The quantitative estimate of drug-likeness (QED) is 0.593. The van der Waals surface area contributed by atoms with E-state index in [1.165, 1.54) is 10.6 Å². The molecule has 1 N–H and O–H groups in total. The third-order valence-electron chi connectivity index (χ3n) is 4.75. The lowest BCUT2D eigenvalue weighted by atomic mass is 9.97. The number of halogens is 2. The fourth-order valence-electron chi connectivity index (χ4n) is 3.43. The fourth-order valence-corrected chi connectivity index (χ4v) is 3.56. The molecule has 1 atom stereocenters. The van der Waals surface area contributed by atoms with Gasteiger partial charge in [-0.2, -0.15) is 0 Å². The molecule has 0 aliphatic rings. The maximum atomic E-state index is 14.1. The molecule has 0 saturated carbocycles. The zero-order valence-electron chi connectivity index (χ0n) is 16.5. The Kier molecular flexibility index (Phi) is 5.66. The first kappa shape index (κ1) is 20.9. The van der Waals surface area contributed by atoms with Gasteiger partial charge in [0.25, 0.3) is 5.91 Å². The lowest BCUT2D eigenvalue weighted by Crippen LogP contribution is -2.19. The molecule has 0 radical (unpaired) electrons. The number of fused-ring (bicyclic) bond motifs is 1. The van der Waals surface area contributed by atoms with Crippen LogP contribution in [0.15, 0.2) is 36.4 Å². The lowest BCUT2D eigenvalue weighted by Gasteiger charge is -2.15. The Labute approximate surface area is 172 Å². The molecule has 0 aliphatic carbocycles. The Hall–Kier alpha value is -2.86. The van der Waals surface area contributed by atoms with Gasteiger partial charge >= 0.3 is 5.97 Å². The number of esters is 1. The monoisotopic (exact) mass is 417 g/mol. The maximum absolute atomic E-state index is 14.1.